The first kappa shape index (κ1) is 12.9. The average molecular weight is 236 g/mol. The third-order valence-electron chi connectivity index (χ3n) is 1.88. The molecular weight excluding hydrogens is 224 g/mol. The van der Waals surface area contributed by atoms with Crippen LogP contribution in [0.1, 0.15) is 34.6 Å². The lowest BCUT2D eigenvalue weighted by atomic mass is 10.1. The van der Waals surface area contributed by atoms with Gasteiger partial charge in [-0.1, -0.05) is 12.1 Å². The zero-order valence-electron chi connectivity index (χ0n) is 9.56. The lowest BCUT2D eigenvalue weighted by molar-refractivity contribution is -0.135. The molecule has 0 fully saturated rings. The molecular formula is C12H12O5. The topological polar surface area (TPSA) is 69.7 Å². The van der Waals surface area contributed by atoms with Gasteiger partial charge in [-0.25, -0.2) is 9.59 Å². The first-order chi connectivity index (χ1) is 8.06. The van der Waals surface area contributed by atoms with Gasteiger partial charge in [0.2, 0.25) is 0 Å². The van der Waals surface area contributed by atoms with E-state index in [0.29, 0.717) is 0 Å². The highest BCUT2D eigenvalue weighted by atomic mass is 16.6. The molecule has 5 nitrogen and oxygen atoms in total. The molecule has 0 aliphatic carbocycles. The Morgan fingerprint density at radius 1 is 1.06 bits per heavy atom. The van der Waals surface area contributed by atoms with Crippen molar-refractivity contribution < 1.29 is 23.9 Å². The molecule has 1 rings (SSSR count). The Hall–Kier alpha value is -2.17. The first-order valence-electron chi connectivity index (χ1n) is 5.05. The first-order valence-corrected chi connectivity index (χ1v) is 5.05. The molecule has 0 aliphatic rings. The quantitative estimate of drug-likeness (QED) is 0.588. The molecule has 0 bridgehead atoms. The van der Waals surface area contributed by atoms with Crippen LogP contribution in [0, 0.1) is 0 Å². The summed E-state index contributed by atoms with van der Waals surface area (Å²) in [6.45, 7) is 2.98. The largest absolute Gasteiger partial charge is 0.462 e. The van der Waals surface area contributed by atoms with Gasteiger partial charge in [-0.2, -0.15) is 0 Å². The van der Waals surface area contributed by atoms with Crippen LogP contribution in [0.4, 0.5) is 0 Å². The lowest BCUT2D eigenvalue weighted by Gasteiger charge is -2.06. The van der Waals surface area contributed by atoms with Crippen molar-refractivity contribution in [2.45, 2.75) is 13.8 Å². The van der Waals surface area contributed by atoms with Crippen molar-refractivity contribution in [2.75, 3.05) is 6.61 Å². The van der Waals surface area contributed by atoms with Gasteiger partial charge in [0.25, 0.3) is 0 Å². The summed E-state index contributed by atoms with van der Waals surface area (Å²) in [6.07, 6.45) is 0. The number of carbonyl (C=O) groups excluding carboxylic acids is 3. The van der Waals surface area contributed by atoms with Gasteiger partial charge in [-0.15, -0.1) is 0 Å². The molecule has 90 valence electrons. The molecule has 0 spiro atoms. The fraction of sp³-hybridized carbons (Fsp3) is 0.250. The minimum atomic E-state index is -0.860. The van der Waals surface area contributed by atoms with Gasteiger partial charge in [-0.05, 0) is 19.1 Å². The zero-order chi connectivity index (χ0) is 12.8. The maximum Gasteiger partial charge on any atom is 0.346 e. The fourth-order valence-corrected chi connectivity index (χ4v) is 1.23. The predicted molar refractivity (Wildman–Crippen MR) is 58.5 cm³/mol. The van der Waals surface area contributed by atoms with Crippen LogP contribution < -0.4 is 0 Å². The molecule has 0 amide bonds. The van der Waals surface area contributed by atoms with Crippen LogP contribution in [-0.2, 0) is 14.3 Å². The molecule has 0 saturated carbocycles. The number of carbonyl (C=O) groups is 3. The molecule has 0 aliphatic heterocycles. The molecule has 0 heterocycles. The van der Waals surface area contributed by atoms with Crippen LogP contribution in [0.3, 0.4) is 0 Å². The van der Waals surface area contributed by atoms with Gasteiger partial charge >= 0.3 is 17.9 Å². The van der Waals surface area contributed by atoms with E-state index in [2.05, 4.69) is 4.74 Å². The van der Waals surface area contributed by atoms with E-state index in [9.17, 15) is 14.4 Å². The van der Waals surface area contributed by atoms with Crippen LogP contribution in [0.5, 0.6) is 0 Å². The number of hydrogen-bond donors (Lipinski definition) is 0. The molecule has 0 atom stereocenters. The molecule has 0 saturated heterocycles. The molecule has 1 aromatic rings. The second-order valence-electron chi connectivity index (χ2n) is 3.15. The number of esters is 3. The Labute approximate surface area is 98.3 Å². The summed E-state index contributed by atoms with van der Waals surface area (Å²) >= 11 is 0. The number of rotatable bonds is 3. The van der Waals surface area contributed by atoms with Crippen molar-refractivity contribution in [3.63, 3.8) is 0 Å². The minimum Gasteiger partial charge on any atom is -0.462 e. The predicted octanol–water partition coefficient (Wildman–Crippen LogP) is 1.57. The smallest absolute Gasteiger partial charge is 0.346 e. The van der Waals surface area contributed by atoms with Crippen LogP contribution in [-0.4, -0.2) is 24.5 Å². The van der Waals surface area contributed by atoms with Crippen molar-refractivity contribution in [3.05, 3.63) is 35.4 Å². The summed E-state index contributed by atoms with van der Waals surface area (Å²) in [7, 11) is 0. The van der Waals surface area contributed by atoms with E-state index in [1.165, 1.54) is 12.1 Å². The van der Waals surface area contributed by atoms with Gasteiger partial charge in [0, 0.05) is 6.92 Å². The summed E-state index contributed by atoms with van der Waals surface area (Å²) in [5, 5.41) is 0. The second-order valence-corrected chi connectivity index (χ2v) is 3.15. The molecule has 17 heavy (non-hydrogen) atoms. The molecule has 0 aromatic heterocycles. The molecule has 1 aromatic carbocycles. The third kappa shape index (κ3) is 3.41. The number of benzene rings is 1. The lowest BCUT2D eigenvalue weighted by Crippen LogP contribution is -2.15. The number of hydrogen-bond acceptors (Lipinski definition) is 5. The summed E-state index contributed by atoms with van der Waals surface area (Å²) < 4.78 is 9.21. The summed E-state index contributed by atoms with van der Waals surface area (Å²) in [6, 6.07) is 6.00. The maximum atomic E-state index is 11.5. The van der Waals surface area contributed by atoms with E-state index in [0.717, 1.165) is 6.92 Å². The van der Waals surface area contributed by atoms with Gasteiger partial charge in [0.15, 0.2) is 0 Å². The van der Waals surface area contributed by atoms with Crippen molar-refractivity contribution >= 4 is 17.9 Å². The van der Waals surface area contributed by atoms with E-state index < -0.39 is 17.9 Å². The van der Waals surface area contributed by atoms with Gasteiger partial charge in [-0.3, -0.25) is 4.79 Å². The van der Waals surface area contributed by atoms with Crippen molar-refractivity contribution in [2.24, 2.45) is 0 Å². The summed E-state index contributed by atoms with van der Waals surface area (Å²) in [4.78, 5) is 33.7. The molecule has 0 unspecified atom stereocenters. The normalized spacial score (nSPS) is 9.53. The third-order valence-corrected chi connectivity index (χ3v) is 1.88. The van der Waals surface area contributed by atoms with Crippen LogP contribution in [0.25, 0.3) is 0 Å². The molecule has 0 N–H and O–H groups in total. The average Bonchev–Trinajstić information content (AvgIpc) is 2.28. The Kier molecular flexibility index (Phi) is 4.39. The number of ether oxygens (including phenoxy) is 2. The van der Waals surface area contributed by atoms with E-state index in [1.54, 1.807) is 19.1 Å². The van der Waals surface area contributed by atoms with Crippen LogP contribution >= 0.6 is 0 Å². The second kappa shape index (κ2) is 5.79. The summed E-state index contributed by atoms with van der Waals surface area (Å²) in [5.41, 5.74) is 0.0988. The molecule has 5 heteroatoms. The Morgan fingerprint density at radius 2 is 1.59 bits per heavy atom. The Balaban J connectivity index is 3.03. The van der Waals surface area contributed by atoms with Crippen LogP contribution in [0.15, 0.2) is 24.3 Å². The highest BCUT2D eigenvalue weighted by Crippen LogP contribution is 2.12. The van der Waals surface area contributed by atoms with E-state index in [-0.39, 0.29) is 17.7 Å². The van der Waals surface area contributed by atoms with E-state index in [4.69, 9.17) is 4.74 Å². The highest BCUT2D eigenvalue weighted by Gasteiger charge is 2.19. The van der Waals surface area contributed by atoms with Crippen LogP contribution in [0.2, 0.25) is 0 Å². The van der Waals surface area contributed by atoms with Crippen molar-refractivity contribution in [1.82, 2.24) is 0 Å². The summed E-state index contributed by atoms with van der Waals surface area (Å²) in [5.74, 6) is -2.21. The van der Waals surface area contributed by atoms with Crippen molar-refractivity contribution in [1.29, 1.82) is 0 Å². The van der Waals surface area contributed by atoms with Gasteiger partial charge in [0.1, 0.15) is 0 Å². The maximum absolute atomic E-state index is 11.5. The highest BCUT2D eigenvalue weighted by molar-refractivity contribution is 6.05. The standard InChI is InChI=1S/C12H12O5/c1-3-16-11(14)9-6-4-5-7-10(9)12(15)17-8(2)13/h4-7H,3H2,1-2H3. The van der Waals surface area contributed by atoms with E-state index in [1.807, 2.05) is 0 Å². The molecule has 0 radical (unpaired) electrons. The Bertz CT molecular complexity index is 450. The Morgan fingerprint density at radius 3 is 2.06 bits per heavy atom. The monoisotopic (exact) mass is 236 g/mol. The fourth-order valence-electron chi connectivity index (χ4n) is 1.23. The van der Waals surface area contributed by atoms with E-state index >= 15 is 0 Å². The SMILES string of the molecule is CCOC(=O)c1ccccc1C(=O)OC(C)=O. The minimum absolute atomic E-state index is 0.0150. The van der Waals surface area contributed by atoms with Gasteiger partial charge < -0.3 is 9.47 Å². The van der Waals surface area contributed by atoms with Crippen molar-refractivity contribution in [3.8, 4) is 0 Å². The van der Waals surface area contributed by atoms with Gasteiger partial charge in [0.05, 0.1) is 17.7 Å². The zero-order valence-corrected chi connectivity index (χ0v) is 9.56.